The van der Waals surface area contributed by atoms with Crippen molar-refractivity contribution in [2.45, 2.75) is 70.8 Å². The fourth-order valence-corrected chi connectivity index (χ4v) is 3.87. The fourth-order valence-electron chi connectivity index (χ4n) is 3.87. The second-order valence-corrected chi connectivity index (χ2v) is 8.13. The predicted octanol–water partition coefficient (Wildman–Crippen LogP) is 2.71. The van der Waals surface area contributed by atoms with Crippen LogP contribution in [0.1, 0.15) is 64.7 Å². The van der Waals surface area contributed by atoms with Gasteiger partial charge in [-0.2, -0.15) is 0 Å². The van der Waals surface area contributed by atoms with Crippen molar-refractivity contribution in [3.63, 3.8) is 0 Å². The summed E-state index contributed by atoms with van der Waals surface area (Å²) in [6, 6.07) is 7.60. The maximum absolute atomic E-state index is 12.6. The molecule has 1 fully saturated rings. The molecule has 0 aromatic heterocycles. The maximum Gasteiger partial charge on any atom is 0.412 e. The lowest BCUT2D eigenvalue weighted by atomic mass is 9.97. The predicted molar refractivity (Wildman–Crippen MR) is 115 cm³/mol. The van der Waals surface area contributed by atoms with Crippen LogP contribution in [0.2, 0.25) is 0 Å². The zero-order chi connectivity index (χ0) is 20.2. The third-order valence-electron chi connectivity index (χ3n) is 5.33. The standard InChI is InChI=1S/C23H38N2O3.ClH/c1-4-5-6-12-17-27-22-16-11-10-14-20(22)24-23(26)28-21-15-9-7-8-13-19(21)18-25(2)3;/h10-11,14,16,19,21H,4-9,12-13,15,17-18H2,1-3H3,(H,24,26);1H/p-1/t19-,21-;/m1./s1. The van der Waals surface area contributed by atoms with E-state index in [1.54, 1.807) is 0 Å². The number of nitrogens with zero attached hydrogens (tertiary/aromatic N) is 1. The average Bonchev–Trinajstić information content (AvgIpc) is 2.87. The van der Waals surface area contributed by atoms with E-state index in [0.717, 1.165) is 32.2 Å². The molecule has 0 aliphatic heterocycles. The topological polar surface area (TPSA) is 50.8 Å². The lowest BCUT2D eigenvalue weighted by Crippen LogP contribution is -3.00. The molecule has 29 heavy (non-hydrogen) atoms. The first-order chi connectivity index (χ1) is 13.6. The van der Waals surface area contributed by atoms with Crippen LogP contribution in [-0.4, -0.2) is 44.3 Å². The van der Waals surface area contributed by atoms with Gasteiger partial charge >= 0.3 is 6.09 Å². The number of amides is 1. The van der Waals surface area contributed by atoms with Crippen molar-refractivity contribution < 1.29 is 26.7 Å². The number of unbranched alkanes of at least 4 members (excludes halogenated alkanes) is 3. The average molecular weight is 426 g/mol. The highest BCUT2D eigenvalue weighted by atomic mass is 35.5. The Balaban J connectivity index is 0.00000420. The number of halogens is 1. The van der Waals surface area contributed by atoms with Crippen LogP contribution in [0.25, 0.3) is 0 Å². The number of ether oxygens (including phenoxy) is 2. The Hall–Kier alpha value is -1.46. The zero-order valence-corrected chi connectivity index (χ0v) is 19.0. The number of benzene rings is 1. The molecule has 5 nitrogen and oxygen atoms in total. The highest BCUT2D eigenvalue weighted by Gasteiger charge is 2.27. The number of para-hydroxylation sites is 2. The van der Waals surface area contributed by atoms with E-state index in [2.05, 4.69) is 31.2 Å². The molecule has 0 unspecified atom stereocenters. The van der Waals surface area contributed by atoms with Crippen molar-refractivity contribution in [3.8, 4) is 5.75 Å². The molecule has 0 bridgehead atoms. The number of rotatable bonds is 10. The van der Waals surface area contributed by atoms with Gasteiger partial charge < -0.3 is 26.8 Å². The van der Waals surface area contributed by atoms with Crippen LogP contribution in [0.4, 0.5) is 10.5 Å². The number of carbonyl (C=O) groups is 1. The summed E-state index contributed by atoms with van der Waals surface area (Å²) < 4.78 is 11.8. The minimum Gasteiger partial charge on any atom is -1.00 e. The summed E-state index contributed by atoms with van der Waals surface area (Å²) in [6.07, 6.45) is 9.86. The molecule has 1 amide bonds. The second kappa shape index (κ2) is 14.5. The molecular formula is C23H38ClN2O3-. The summed E-state index contributed by atoms with van der Waals surface area (Å²) in [5, 5.41) is 2.90. The zero-order valence-electron chi connectivity index (χ0n) is 18.3. The Morgan fingerprint density at radius 1 is 1.10 bits per heavy atom. The molecule has 0 heterocycles. The first-order valence-corrected chi connectivity index (χ1v) is 10.9. The largest absolute Gasteiger partial charge is 1.00 e. The monoisotopic (exact) mass is 425 g/mol. The van der Waals surface area contributed by atoms with Gasteiger partial charge in [-0.25, -0.2) is 4.79 Å². The van der Waals surface area contributed by atoms with Crippen molar-refractivity contribution >= 4 is 11.8 Å². The van der Waals surface area contributed by atoms with Crippen molar-refractivity contribution in [1.82, 2.24) is 4.90 Å². The molecule has 0 saturated heterocycles. The van der Waals surface area contributed by atoms with Crippen LogP contribution in [-0.2, 0) is 4.74 Å². The lowest BCUT2D eigenvalue weighted by molar-refractivity contribution is -0.0000159. The molecule has 1 saturated carbocycles. The van der Waals surface area contributed by atoms with Crippen LogP contribution in [0, 0.1) is 5.92 Å². The van der Waals surface area contributed by atoms with Gasteiger partial charge in [-0.05, 0) is 51.9 Å². The van der Waals surface area contributed by atoms with Crippen LogP contribution in [0.3, 0.4) is 0 Å². The molecule has 1 aromatic rings. The van der Waals surface area contributed by atoms with Crippen LogP contribution in [0.5, 0.6) is 5.75 Å². The summed E-state index contributed by atoms with van der Waals surface area (Å²) in [4.78, 5) is 14.8. The minimum atomic E-state index is -0.377. The van der Waals surface area contributed by atoms with Crippen LogP contribution in [0.15, 0.2) is 24.3 Å². The van der Waals surface area contributed by atoms with Crippen molar-refractivity contribution in [2.24, 2.45) is 5.92 Å². The van der Waals surface area contributed by atoms with E-state index in [0.29, 0.717) is 24.0 Å². The van der Waals surface area contributed by atoms with Gasteiger partial charge in [-0.1, -0.05) is 51.2 Å². The maximum atomic E-state index is 12.6. The molecule has 6 heteroatoms. The summed E-state index contributed by atoms with van der Waals surface area (Å²) in [6.45, 7) is 3.82. The smallest absolute Gasteiger partial charge is 0.412 e. The Labute approximate surface area is 182 Å². The van der Waals surface area contributed by atoms with E-state index in [9.17, 15) is 4.79 Å². The normalized spacial score (nSPS) is 19.2. The van der Waals surface area contributed by atoms with Gasteiger partial charge in [0, 0.05) is 12.5 Å². The molecule has 1 aromatic carbocycles. The lowest BCUT2D eigenvalue weighted by Gasteiger charge is -2.27. The molecule has 1 N–H and O–H groups in total. The van der Waals surface area contributed by atoms with Gasteiger partial charge in [0.1, 0.15) is 11.9 Å². The number of hydrogen-bond acceptors (Lipinski definition) is 4. The van der Waals surface area contributed by atoms with Gasteiger partial charge in [0.2, 0.25) is 0 Å². The first kappa shape index (κ1) is 25.6. The molecule has 0 radical (unpaired) electrons. The third kappa shape index (κ3) is 9.72. The van der Waals surface area contributed by atoms with Gasteiger partial charge in [0.15, 0.2) is 0 Å². The van der Waals surface area contributed by atoms with E-state index in [4.69, 9.17) is 9.47 Å². The number of nitrogens with one attached hydrogen (secondary N) is 1. The summed E-state index contributed by atoms with van der Waals surface area (Å²) >= 11 is 0. The van der Waals surface area contributed by atoms with Crippen LogP contribution >= 0.6 is 0 Å². The molecule has 2 atom stereocenters. The number of carbonyl (C=O) groups excluding carboxylic acids is 1. The highest BCUT2D eigenvalue weighted by Crippen LogP contribution is 2.28. The summed E-state index contributed by atoms with van der Waals surface area (Å²) in [7, 11) is 4.16. The van der Waals surface area contributed by atoms with E-state index < -0.39 is 0 Å². The molecule has 1 aliphatic carbocycles. The van der Waals surface area contributed by atoms with E-state index >= 15 is 0 Å². The van der Waals surface area contributed by atoms with Crippen molar-refractivity contribution in [1.29, 1.82) is 0 Å². The molecule has 0 spiro atoms. The first-order valence-electron chi connectivity index (χ1n) is 10.9. The van der Waals surface area contributed by atoms with Gasteiger partial charge in [0.25, 0.3) is 0 Å². The molecular weight excluding hydrogens is 388 g/mol. The van der Waals surface area contributed by atoms with Gasteiger partial charge in [-0.15, -0.1) is 0 Å². The molecule has 166 valence electrons. The summed E-state index contributed by atoms with van der Waals surface area (Å²) in [5.41, 5.74) is 0.681. The van der Waals surface area contributed by atoms with E-state index in [1.807, 2.05) is 24.3 Å². The van der Waals surface area contributed by atoms with Gasteiger partial charge in [-0.3, -0.25) is 5.32 Å². The molecule has 1 aliphatic rings. The Morgan fingerprint density at radius 2 is 1.86 bits per heavy atom. The highest BCUT2D eigenvalue weighted by molar-refractivity contribution is 5.86. The van der Waals surface area contributed by atoms with Gasteiger partial charge in [0.05, 0.1) is 12.3 Å². The van der Waals surface area contributed by atoms with Crippen molar-refractivity contribution in [3.05, 3.63) is 24.3 Å². The van der Waals surface area contributed by atoms with Crippen molar-refractivity contribution in [2.75, 3.05) is 32.6 Å². The number of anilines is 1. The van der Waals surface area contributed by atoms with Crippen LogP contribution < -0.4 is 22.5 Å². The minimum absolute atomic E-state index is 0. The Bertz CT molecular complexity index is 583. The number of hydrogen-bond donors (Lipinski definition) is 1. The summed E-state index contributed by atoms with van der Waals surface area (Å²) in [5.74, 6) is 1.11. The van der Waals surface area contributed by atoms with E-state index in [-0.39, 0.29) is 24.6 Å². The third-order valence-corrected chi connectivity index (χ3v) is 5.33. The van der Waals surface area contributed by atoms with E-state index in [1.165, 1.54) is 32.1 Å². The fraction of sp³-hybridized carbons (Fsp3) is 0.696. The SMILES string of the molecule is CCCCCCOc1ccccc1NC(=O)O[C@@H]1CCCCC[C@@H]1CN(C)C.[Cl-]. The molecule has 2 rings (SSSR count). The second-order valence-electron chi connectivity index (χ2n) is 8.13. The Kier molecular flexibility index (Phi) is 12.8. The quantitative estimate of drug-likeness (QED) is 0.462. The Morgan fingerprint density at radius 3 is 2.62 bits per heavy atom.